The first kappa shape index (κ1) is 13.3. The highest BCUT2D eigenvalue weighted by Gasteiger charge is 2.12. The molecule has 0 aliphatic rings. The lowest BCUT2D eigenvalue weighted by Gasteiger charge is -2.12. The summed E-state index contributed by atoms with van der Waals surface area (Å²) in [6.45, 7) is 0.443. The lowest BCUT2D eigenvalue weighted by atomic mass is 9.97. The first-order chi connectivity index (χ1) is 8.63. The van der Waals surface area contributed by atoms with E-state index in [2.05, 4.69) is 0 Å². The van der Waals surface area contributed by atoms with Crippen LogP contribution in [0.2, 0.25) is 10.0 Å². The van der Waals surface area contributed by atoms with E-state index in [1.54, 1.807) is 24.3 Å². The maximum absolute atomic E-state index is 13.3. The minimum absolute atomic E-state index is 0.287. The molecule has 0 saturated heterocycles. The number of halogens is 3. The molecule has 0 aliphatic carbocycles. The summed E-state index contributed by atoms with van der Waals surface area (Å²) in [6.07, 6.45) is 0.578. The molecule has 0 atom stereocenters. The average Bonchev–Trinajstić information content (AvgIpc) is 2.32. The lowest BCUT2D eigenvalue weighted by molar-refractivity contribution is 0.625. The van der Waals surface area contributed by atoms with Gasteiger partial charge < -0.3 is 5.73 Å². The van der Waals surface area contributed by atoms with Crippen LogP contribution >= 0.6 is 23.2 Å². The minimum Gasteiger partial charge on any atom is -0.330 e. The monoisotopic (exact) mass is 283 g/mol. The highest BCUT2D eigenvalue weighted by molar-refractivity contribution is 6.39. The van der Waals surface area contributed by atoms with E-state index in [4.69, 9.17) is 28.9 Å². The topological polar surface area (TPSA) is 26.0 Å². The van der Waals surface area contributed by atoms with Crippen LogP contribution in [0.3, 0.4) is 0 Å². The minimum atomic E-state index is -0.287. The van der Waals surface area contributed by atoms with E-state index in [0.717, 1.165) is 16.7 Å². The van der Waals surface area contributed by atoms with Crippen molar-refractivity contribution >= 4 is 23.2 Å². The van der Waals surface area contributed by atoms with E-state index in [0.29, 0.717) is 23.0 Å². The highest BCUT2D eigenvalue weighted by atomic mass is 35.5. The Kier molecular flexibility index (Phi) is 4.23. The van der Waals surface area contributed by atoms with Crippen molar-refractivity contribution in [1.29, 1.82) is 0 Å². The predicted octanol–water partition coefficient (Wildman–Crippen LogP) is 4.30. The van der Waals surface area contributed by atoms with Crippen LogP contribution < -0.4 is 5.73 Å². The molecule has 2 aromatic carbocycles. The van der Waals surface area contributed by atoms with E-state index in [1.807, 2.05) is 0 Å². The summed E-state index contributed by atoms with van der Waals surface area (Å²) in [5, 5.41) is 1.10. The molecule has 0 bridgehead atoms. The number of nitrogens with two attached hydrogens (primary N) is 1. The smallest absolute Gasteiger partial charge is 0.123 e. The Bertz CT molecular complexity index is 549. The van der Waals surface area contributed by atoms with Gasteiger partial charge in [-0.2, -0.15) is 0 Å². The summed E-state index contributed by atoms with van der Waals surface area (Å²) in [5.41, 5.74) is 7.91. The van der Waals surface area contributed by atoms with Gasteiger partial charge >= 0.3 is 0 Å². The number of hydrogen-bond donors (Lipinski definition) is 1. The Labute approximate surface area is 115 Å². The summed E-state index contributed by atoms with van der Waals surface area (Å²) in [6, 6.07) is 9.86. The Morgan fingerprint density at radius 1 is 1.06 bits per heavy atom. The molecule has 0 saturated carbocycles. The van der Waals surface area contributed by atoms with E-state index < -0.39 is 0 Å². The normalized spacial score (nSPS) is 10.7. The molecule has 18 heavy (non-hydrogen) atoms. The fourth-order valence-electron chi connectivity index (χ4n) is 1.92. The first-order valence-electron chi connectivity index (χ1n) is 5.56. The van der Waals surface area contributed by atoms with Gasteiger partial charge in [0.15, 0.2) is 0 Å². The van der Waals surface area contributed by atoms with Gasteiger partial charge in [0.1, 0.15) is 5.82 Å². The van der Waals surface area contributed by atoms with Gasteiger partial charge in [0.2, 0.25) is 0 Å². The molecule has 0 aliphatic heterocycles. The molecule has 0 unspecified atom stereocenters. The van der Waals surface area contributed by atoms with Crippen molar-refractivity contribution in [2.75, 3.05) is 6.54 Å². The van der Waals surface area contributed by atoms with Gasteiger partial charge in [0.25, 0.3) is 0 Å². The first-order valence-corrected chi connectivity index (χ1v) is 6.32. The second-order valence-electron chi connectivity index (χ2n) is 3.94. The van der Waals surface area contributed by atoms with Crippen molar-refractivity contribution in [3.63, 3.8) is 0 Å². The molecular formula is C14H12Cl2FN. The molecule has 0 spiro atoms. The third-order valence-corrected chi connectivity index (χ3v) is 3.34. The molecular weight excluding hydrogens is 272 g/mol. The van der Waals surface area contributed by atoms with Crippen molar-refractivity contribution in [3.05, 3.63) is 57.8 Å². The van der Waals surface area contributed by atoms with Gasteiger partial charge in [-0.25, -0.2) is 4.39 Å². The zero-order valence-electron chi connectivity index (χ0n) is 9.59. The zero-order valence-corrected chi connectivity index (χ0v) is 11.1. The summed E-state index contributed by atoms with van der Waals surface area (Å²) < 4.78 is 13.3. The van der Waals surface area contributed by atoms with Crippen molar-refractivity contribution in [3.8, 4) is 11.1 Å². The van der Waals surface area contributed by atoms with Crippen LogP contribution in [0, 0.1) is 5.82 Å². The molecule has 0 heterocycles. The van der Waals surface area contributed by atoms with Crippen LogP contribution in [0.1, 0.15) is 5.56 Å². The average molecular weight is 284 g/mol. The van der Waals surface area contributed by atoms with Crippen molar-refractivity contribution in [1.82, 2.24) is 0 Å². The van der Waals surface area contributed by atoms with E-state index in [-0.39, 0.29) is 5.82 Å². The van der Waals surface area contributed by atoms with Crippen LogP contribution in [0.5, 0.6) is 0 Å². The fourth-order valence-corrected chi connectivity index (χ4v) is 2.52. The number of hydrogen-bond acceptors (Lipinski definition) is 1. The van der Waals surface area contributed by atoms with Crippen molar-refractivity contribution in [2.45, 2.75) is 6.42 Å². The summed E-state index contributed by atoms with van der Waals surface area (Å²) in [5.74, 6) is -0.287. The molecule has 0 radical (unpaired) electrons. The Morgan fingerprint density at radius 3 is 2.33 bits per heavy atom. The Hall–Kier alpha value is -1.09. The largest absolute Gasteiger partial charge is 0.330 e. The summed E-state index contributed by atoms with van der Waals surface area (Å²) >= 11 is 12.3. The molecule has 0 aromatic heterocycles. The lowest BCUT2D eigenvalue weighted by Crippen LogP contribution is -2.04. The van der Waals surface area contributed by atoms with Gasteiger partial charge in [-0.3, -0.25) is 0 Å². The molecule has 2 aromatic rings. The maximum Gasteiger partial charge on any atom is 0.123 e. The number of benzene rings is 2. The molecule has 2 N–H and O–H groups in total. The van der Waals surface area contributed by atoms with Crippen molar-refractivity contribution in [2.24, 2.45) is 5.73 Å². The number of rotatable bonds is 3. The van der Waals surface area contributed by atoms with Crippen LogP contribution in [0.25, 0.3) is 11.1 Å². The predicted molar refractivity (Wildman–Crippen MR) is 74.6 cm³/mol. The Morgan fingerprint density at radius 2 is 1.72 bits per heavy atom. The van der Waals surface area contributed by atoms with Crippen molar-refractivity contribution < 1.29 is 4.39 Å². The van der Waals surface area contributed by atoms with Crippen LogP contribution in [0.15, 0.2) is 36.4 Å². The van der Waals surface area contributed by atoms with E-state index >= 15 is 0 Å². The van der Waals surface area contributed by atoms with E-state index in [9.17, 15) is 4.39 Å². The third-order valence-electron chi connectivity index (χ3n) is 2.71. The standard InChI is InChI=1S/C14H12Cl2FN/c15-12-2-1-3-13(16)14(12)11-5-4-10(17)8-9(11)6-7-18/h1-5,8H,6-7,18H2. The van der Waals surface area contributed by atoms with Crippen LogP contribution in [0.4, 0.5) is 4.39 Å². The van der Waals surface area contributed by atoms with E-state index in [1.165, 1.54) is 12.1 Å². The Balaban J connectivity index is 2.63. The zero-order chi connectivity index (χ0) is 13.1. The molecule has 4 heteroatoms. The third kappa shape index (κ3) is 2.66. The quantitative estimate of drug-likeness (QED) is 0.893. The molecule has 1 nitrogen and oxygen atoms in total. The van der Waals surface area contributed by atoms with Gasteiger partial charge in [0, 0.05) is 15.6 Å². The second-order valence-corrected chi connectivity index (χ2v) is 4.75. The maximum atomic E-state index is 13.3. The summed E-state index contributed by atoms with van der Waals surface area (Å²) in [4.78, 5) is 0. The second kappa shape index (κ2) is 5.70. The molecule has 94 valence electrons. The molecule has 0 fully saturated rings. The van der Waals surface area contributed by atoms with Gasteiger partial charge in [-0.05, 0) is 48.4 Å². The van der Waals surface area contributed by atoms with Gasteiger partial charge in [0.05, 0.1) is 0 Å². The summed E-state index contributed by atoms with van der Waals surface area (Å²) in [7, 11) is 0. The van der Waals surface area contributed by atoms with Crippen LogP contribution in [-0.2, 0) is 6.42 Å². The fraction of sp³-hybridized carbons (Fsp3) is 0.143. The molecule has 0 amide bonds. The van der Waals surface area contributed by atoms with Gasteiger partial charge in [-0.15, -0.1) is 0 Å². The highest BCUT2D eigenvalue weighted by Crippen LogP contribution is 2.36. The SMILES string of the molecule is NCCc1cc(F)ccc1-c1c(Cl)cccc1Cl. The molecule has 2 rings (SSSR count). The van der Waals surface area contributed by atoms with Gasteiger partial charge in [-0.1, -0.05) is 35.3 Å². The van der Waals surface area contributed by atoms with Crippen LogP contribution in [-0.4, -0.2) is 6.54 Å².